The molecule has 3 rings (SSSR count). The number of hydrogen-bond donors (Lipinski definition) is 0. The van der Waals surface area contributed by atoms with Crippen LogP contribution in [-0.2, 0) is 0 Å². The smallest absolute Gasteiger partial charge is 0.161 e. The van der Waals surface area contributed by atoms with Gasteiger partial charge in [0.15, 0.2) is 11.5 Å². The Morgan fingerprint density at radius 3 is 2.48 bits per heavy atom. The molecule has 2 aliphatic rings. The standard InChI is InChI=1S/C19H22N2O2/c1-22-17-5-4-15(14(6-8-20)7-9-21)12-19(17)23-18-11-13-2-3-16(18)10-13/h4-5,12-14,16,18H,2-3,6-7,10-11H2,1H3/t13?,16?,18-/m0/s1. The van der Waals surface area contributed by atoms with Crippen LogP contribution in [0.1, 0.15) is 50.0 Å². The van der Waals surface area contributed by atoms with E-state index in [1.807, 2.05) is 18.2 Å². The van der Waals surface area contributed by atoms with Crippen LogP contribution in [0, 0.1) is 34.5 Å². The van der Waals surface area contributed by atoms with Gasteiger partial charge in [-0.3, -0.25) is 0 Å². The van der Waals surface area contributed by atoms with Gasteiger partial charge >= 0.3 is 0 Å². The molecule has 1 aromatic rings. The summed E-state index contributed by atoms with van der Waals surface area (Å²) in [5.74, 6) is 2.90. The average molecular weight is 310 g/mol. The van der Waals surface area contributed by atoms with E-state index in [-0.39, 0.29) is 12.0 Å². The van der Waals surface area contributed by atoms with E-state index in [0.29, 0.717) is 18.8 Å². The van der Waals surface area contributed by atoms with Crippen LogP contribution in [0.4, 0.5) is 0 Å². The van der Waals surface area contributed by atoms with Gasteiger partial charge in [0.25, 0.3) is 0 Å². The molecule has 0 spiro atoms. The first kappa shape index (κ1) is 15.7. The van der Waals surface area contributed by atoms with Crippen molar-refractivity contribution in [2.24, 2.45) is 11.8 Å². The van der Waals surface area contributed by atoms with Gasteiger partial charge in [0, 0.05) is 18.8 Å². The number of hydrogen-bond acceptors (Lipinski definition) is 4. The van der Waals surface area contributed by atoms with Crippen molar-refractivity contribution >= 4 is 0 Å². The molecule has 0 saturated heterocycles. The lowest BCUT2D eigenvalue weighted by atomic mass is 9.93. The Morgan fingerprint density at radius 2 is 1.91 bits per heavy atom. The van der Waals surface area contributed by atoms with Gasteiger partial charge in [-0.1, -0.05) is 6.07 Å². The van der Waals surface area contributed by atoms with Gasteiger partial charge in [-0.15, -0.1) is 0 Å². The first-order valence-electron chi connectivity index (χ1n) is 8.33. The highest BCUT2D eigenvalue weighted by Gasteiger charge is 2.41. The van der Waals surface area contributed by atoms with Crippen molar-refractivity contribution in [2.45, 2.75) is 50.5 Å². The minimum absolute atomic E-state index is 0.0710. The molecule has 0 radical (unpaired) electrons. The van der Waals surface area contributed by atoms with Gasteiger partial charge in [0.2, 0.25) is 0 Å². The molecule has 3 atom stereocenters. The summed E-state index contributed by atoms with van der Waals surface area (Å²) in [5.41, 5.74) is 0.979. The SMILES string of the molecule is COc1ccc(C(CC#N)CC#N)cc1O[C@H]1CC2CCC1C2. The van der Waals surface area contributed by atoms with Crippen LogP contribution in [0.3, 0.4) is 0 Å². The van der Waals surface area contributed by atoms with E-state index in [9.17, 15) is 0 Å². The highest BCUT2D eigenvalue weighted by Crippen LogP contribution is 2.47. The Morgan fingerprint density at radius 1 is 1.13 bits per heavy atom. The fourth-order valence-corrected chi connectivity index (χ4v) is 4.06. The van der Waals surface area contributed by atoms with Crippen LogP contribution in [0.15, 0.2) is 18.2 Å². The molecule has 1 aromatic carbocycles. The predicted octanol–water partition coefficient (Wildman–Crippen LogP) is 4.17. The lowest BCUT2D eigenvalue weighted by Crippen LogP contribution is -2.23. The van der Waals surface area contributed by atoms with Crippen molar-refractivity contribution in [1.29, 1.82) is 10.5 Å². The fourth-order valence-electron chi connectivity index (χ4n) is 4.06. The van der Waals surface area contributed by atoms with Gasteiger partial charge in [0.1, 0.15) is 6.10 Å². The summed E-state index contributed by atoms with van der Waals surface area (Å²) in [6.07, 6.45) is 6.00. The molecule has 0 amide bonds. The van der Waals surface area contributed by atoms with Crippen molar-refractivity contribution in [2.75, 3.05) is 7.11 Å². The first-order chi connectivity index (χ1) is 11.2. The third-order valence-electron chi connectivity index (χ3n) is 5.29. The second-order valence-electron chi connectivity index (χ2n) is 6.66. The Labute approximate surface area is 137 Å². The number of benzene rings is 1. The highest BCUT2D eigenvalue weighted by atomic mass is 16.5. The van der Waals surface area contributed by atoms with E-state index in [4.69, 9.17) is 20.0 Å². The minimum Gasteiger partial charge on any atom is -0.493 e. The van der Waals surface area contributed by atoms with Crippen molar-refractivity contribution in [3.63, 3.8) is 0 Å². The molecule has 4 heteroatoms. The number of rotatable bonds is 6. The molecular weight excluding hydrogens is 288 g/mol. The first-order valence-corrected chi connectivity index (χ1v) is 8.33. The van der Waals surface area contributed by atoms with Crippen molar-refractivity contribution in [3.05, 3.63) is 23.8 Å². The summed E-state index contributed by atoms with van der Waals surface area (Å²) in [7, 11) is 1.64. The van der Waals surface area contributed by atoms with Crippen molar-refractivity contribution in [3.8, 4) is 23.6 Å². The van der Waals surface area contributed by atoms with E-state index < -0.39 is 0 Å². The fraction of sp³-hybridized carbons (Fsp3) is 0.579. The minimum atomic E-state index is -0.0710. The zero-order chi connectivity index (χ0) is 16.2. The van der Waals surface area contributed by atoms with E-state index >= 15 is 0 Å². The average Bonchev–Trinajstić information content (AvgIpc) is 3.17. The molecule has 0 heterocycles. The highest BCUT2D eigenvalue weighted by molar-refractivity contribution is 5.44. The molecule has 2 saturated carbocycles. The zero-order valence-electron chi connectivity index (χ0n) is 13.5. The molecule has 2 aliphatic carbocycles. The maximum absolute atomic E-state index is 8.98. The number of ether oxygens (including phenoxy) is 2. The van der Waals surface area contributed by atoms with Crippen LogP contribution in [-0.4, -0.2) is 13.2 Å². The lowest BCUT2D eigenvalue weighted by molar-refractivity contribution is 0.133. The summed E-state index contributed by atoms with van der Waals surface area (Å²) in [5, 5.41) is 18.0. The van der Waals surface area contributed by atoms with Crippen LogP contribution < -0.4 is 9.47 Å². The Hall–Kier alpha value is -2.20. The van der Waals surface area contributed by atoms with E-state index in [1.165, 1.54) is 19.3 Å². The monoisotopic (exact) mass is 310 g/mol. The summed E-state index contributed by atoms with van der Waals surface area (Å²) < 4.78 is 11.7. The van der Waals surface area contributed by atoms with Gasteiger partial charge in [-0.25, -0.2) is 0 Å². The second kappa shape index (κ2) is 6.92. The maximum Gasteiger partial charge on any atom is 0.161 e. The summed E-state index contributed by atoms with van der Waals surface area (Å²) in [4.78, 5) is 0. The lowest BCUT2D eigenvalue weighted by Gasteiger charge is -2.25. The molecule has 0 aliphatic heterocycles. The van der Waals surface area contributed by atoms with Crippen molar-refractivity contribution in [1.82, 2.24) is 0 Å². The van der Waals surface area contributed by atoms with Crippen LogP contribution in [0.5, 0.6) is 11.5 Å². The van der Waals surface area contributed by atoms with Gasteiger partial charge < -0.3 is 9.47 Å². The molecule has 4 nitrogen and oxygen atoms in total. The molecule has 0 N–H and O–H groups in total. The van der Waals surface area contributed by atoms with E-state index in [2.05, 4.69) is 12.1 Å². The van der Waals surface area contributed by atoms with Crippen molar-refractivity contribution < 1.29 is 9.47 Å². The number of nitrogens with zero attached hydrogens (tertiary/aromatic N) is 2. The Bertz CT molecular complexity index is 628. The Kier molecular flexibility index (Phi) is 4.72. The third-order valence-corrected chi connectivity index (χ3v) is 5.29. The molecular formula is C19H22N2O2. The van der Waals surface area contributed by atoms with Gasteiger partial charge in [-0.05, 0) is 55.2 Å². The summed E-state index contributed by atoms with van der Waals surface area (Å²) in [6, 6.07) is 10.1. The van der Waals surface area contributed by atoms with Crippen LogP contribution >= 0.6 is 0 Å². The number of methoxy groups -OCH3 is 1. The molecule has 2 fully saturated rings. The summed E-state index contributed by atoms with van der Waals surface area (Å²) in [6.45, 7) is 0. The molecule has 23 heavy (non-hydrogen) atoms. The third kappa shape index (κ3) is 3.27. The maximum atomic E-state index is 8.98. The van der Waals surface area contributed by atoms with E-state index in [1.54, 1.807) is 7.11 Å². The normalized spacial score (nSPS) is 25.1. The van der Waals surface area contributed by atoms with Gasteiger partial charge in [-0.2, -0.15) is 10.5 Å². The molecule has 120 valence electrons. The van der Waals surface area contributed by atoms with Crippen LogP contribution in [0.2, 0.25) is 0 Å². The summed E-state index contributed by atoms with van der Waals surface area (Å²) >= 11 is 0. The van der Waals surface area contributed by atoms with Crippen LogP contribution in [0.25, 0.3) is 0 Å². The molecule has 2 unspecified atom stereocenters. The quantitative estimate of drug-likeness (QED) is 0.790. The molecule has 0 aromatic heterocycles. The second-order valence-corrected chi connectivity index (χ2v) is 6.66. The topological polar surface area (TPSA) is 66.0 Å². The number of fused-ring (bicyclic) bond motifs is 2. The molecule has 2 bridgehead atoms. The number of nitriles is 2. The largest absolute Gasteiger partial charge is 0.493 e. The Balaban J connectivity index is 1.81. The zero-order valence-corrected chi connectivity index (χ0v) is 13.5. The predicted molar refractivity (Wildman–Crippen MR) is 86.1 cm³/mol. The van der Waals surface area contributed by atoms with Gasteiger partial charge in [0.05, 0.1) is 19.2 Å². The van der Waals surface area contributed by atoms with E-state index in [0.717, 1.165) is 29.4 Å².